The van der Waals surface area contributed by atoms with Crippen LogP contribution in [0.2, 0.25) is 5.15 Å². The molecule has 66 valence electrons. The molecule has 0 saturated carbocycles. The lowest BCUT2D eigenvalue weighted by Crippen LogP contribution is -1.91. The molecule has 13 heavy (non-hydrogen) atoms. The van der Waals surface area contributed by atoms with E-state index < -0.39 is 0 Å². The molecule has 2 heterocycles. The summed E-state index contributed by atoms with van der Waals surface area (Å²) in [6, 6.07) is 3.42. The number of fused-ring (bicyclic) bond motifs is 1. The maximum Gasteiger partial charge on any atom is 0.150 e. The van der Waals surface area contributed by atoms with E-state index in [-0.39, 0.29) is 0 Å². The second-order valence-corrected chi connectivity index (χ2v) is 3.20. The third-order valence-corrected chi connectivity index (χ3v) is 2.16. The summed E-state index contributed by atoms with van der Waals surface area (Å²) in [6.07, 6.45) is 2.64. The number of carbonyl (C=O) groups is 1. The van der Waals surface area contributed by atoms with Crippen LogP contribution in [-0.2, 0) is 7.05 Å². The number of hydrogen-bond acceptors (Lipinski definition) is 2. The normalized spacial score (nSPS) is 10.6. The minimum absolute atomic E-state index is 0.344. The van der Waals surface area contributed by atoms with Gasteiger partial charge in [-0.15, -0.1) is 0 Å². The minimum Gasteiger partial charge on any atom is -0.336 e. The molecule has 0 spiro atoms. The predicted molar refractivity (Wildman–Crippen MR) is 51.1 cm³/mol. The highest BCUT2D eigenvalue weighted by Crippen LogP contribution is 2.19. The Hall–Kier alpha value is -1.35. The SMILES string of the molecule is Cn1ccc2c(C=O)cc(Cl)nc21. The van der Waals surface area contributed by atoms with Gasteiger partial charge >= 0.3 is 0 Å². The van der Waals surface area contributed by atoms with Gasteiger partial charge in [0.15, 0.2) is 6.29 Å². The average molecular weight is 195 g/mol. The van der Waals surface area contributed by atoms with E-state index in [1.54, 1.807) is 6.07 Å². The van der Waals surface area contributed by atoms with Crippen molar-refractivity contribution in [1.82, 2.24) is 9.55 Å². The van der Waals surface area contributed by atoms with Gasteiger partial charge in [-0.3, -0.25) is 4.79 Å². The Morgan fingerprint density at radius 1 is 1.62 bits per heavy atom. The molecule has 2 aromatic heterocycles. The van der Waals surface area contributed by atoms with Gasteiger partial charge in [0, 0.05) is 24.2 Å². The molecule has 4 heteroatoms. The second-order valence-electron chi connectivity index (χ2n) is 2.82. The predicted octanol–water partition coefficient (Wildman–Crippen LogP) is 2.04. The molecular formula is C9H7ClN2O. The Bertz CT molecular complexity index is 476. The van der Waals surface area contributed by atoms with Crippen LogP contribution in [0.5, 0.6) is 0 Å². The number of halogens is 1. The fourth-order valence-corrected chi connectivity index (χ4v) is 1.52. The average Bonchev–Trinajstić information content (AvgIpc) is 2.47. The van der Waals surface area contributed by atoms with Crippen molar-refractivity contribution in [1.29, 1.82) is 0 Å². The summed E-state index contributed by atoms with van der Waals surface area (Å²) in [4.78, 5) is 14.8. The zero-order valence-corrected chi connectivity index (χ0v) is 7.75. The number of aromatic nitrogens is 2. The molecule has 0 amide bonds. The van der Waals surface area contributed by atoms with E-state index >= 15 is 0 Å². The van der Waals surface area contributed by atoms with Crippen LogP contribution in [0, 0.1) is 0 Å². The van der Waals surface area contributed by atoms with Gasteiger partial charge in [-0.05, 0) is 12.1 Å². The standard InChI is InChI=1S/C9H7ClN2O/c1-12-3-2-7-6(5-13)4-8(10)11-9(7)12/h2-5H,1H3. The number of carbonyl (C=O) groups excluding carboxylic acids is 1. The Morgan fingerprint density at radius 2 is 2.38 bits per heavy atom. The molecule has 0 aliphatic rings. The number of rotatable bonds is 1. The molecule has 0 atom stereocenters. The van der Waals surface area contributed by atoms with Gasteiger partial charge in [-0.1, -0.05) is 11.6 Å². The van der Waals surface area contributed by atoms with Crippen molar-refractivity contribution < 1.29 is 4.79 Å². The molecule has 0 N–H and O–H groups in total. The first-order valence-electron chi connectivity index (χ1n) is 3.79. The Morgan fingerprint density at radius 3 is 3.08 bits per heavy atom. The molecule has 0 radical (unpaired) electrons. The van der Waals surface area contributed by atoms with Crippen LogP contribution < -0.4 is 0 Å². The maximum absolute atomic E-state index is 10.7. The first kappa shape index (κ1) is 8.26. The van der Waals surface area contributed by atoms with Gasteiger partial charge in [0.25, 0.3) is 0 Å². The zero-order chi connectivity index (χ0) is 9.42. The van der Waals surface area contributed by atoms with Gasteiger partial charge in [-0.25, -0.2) is 4.98 Å². The van der Waals surface area contributed by atoms with E-state index in [4.69, 9.17) is 11.6 Å². The fraction of sp³-hybridized carbons (Fsp3) is 0.111. The van der Waals surface area contributed by atoms with Crippen LogP contribution in [0.1, 0.15) is 10.4 Å². The summed E-state index contributed by atoms with van der Waals surface area (Å²) in [5.74, 6) is 0. The van der Waals surface area contributed by atoms with Crippen molar-refractivity contribution in [2.75, 3.05) is 0 Å². The van der Waals surface area contributed by atoms with Gasteiger partial charge < -0.3 is 4.57 Å². The zero-order valence-electron chi connectivity index (χ0n) is 6.99. The molecule has 3 nitrogen and oxygen atoms in total. The molecule has 0 bridgehead atoms. The van der Waals surface area contributed by atoms with Crippen molar-refractivity contribution in [2.45, 2.75) is 0 Å². The minimum atomic E-state index is 0.344. The molecule has 0 fully saturated rings. The highest BCUT2D eigenvalue weighted by molar-refractivity contribution is 6.30. The third kappa shape index (κ3) is 1.21. The smallest absolute Gasteiger partial charge is 0.150 e. The van der Waals surface area contributed by atoms with Crippen molar-refractivity contribution in [3.63, 3.8) is 0 Å². The Kier molecular flexibility index (Phi) is 1.81. The van der Waals surface area contributed by atoms with Crippen molar-refractivity contribution in [3.05, 3.63) is 29.0 Å². The van der Waals surface area contributed by atoms with E-state index in [0.29, 0.717) is 10.7 Å². The van der Waals surface area contributed by atoms with Gasteiger partial charge in [0.1, 0.15) is 10.8 Å². The van der Waals surface area contributed by atoms with Gasteiger partial charge in [0.2, 0.25) is 0 Å². The Balaban J connectivity index is 2.91. The first-order valence-corrected chi connectivity index (χ1v) is 4.17. The highest BCUT2D eigenvalue weighted by Gasteiger charge is 2.06. The van der Waals surface area contributed by atoms with E-state index in [1.807, 2.05) is 23.9 Å². The van der Waals surface area contributed by atoms with Crippen molar-refractivity contribution >= 4 is 28.9 Å². The second kappa shape index (κ2) is 2.85. The summed E-state index contributed by atoms with van der Waals surface area (Å²) < 4.78 is 1.83. The molecule has 2 aromatic rings. The van der Waals surface area contributed by atoms with Crippen LogP contribution >= 0.6 is 11.6 Å². The van der Waals surface area contributed by atoms with Gasteiger partial charge in [0.05, 0.1) is 0 Å². The molecule has 0 unspecified atom stereocenters. The van der Waals surface area contributed by atoms with Gasteiger partial charge in [-0.2, -0.15) is 0 Å². The van der Waals surface area contributed by atoms with E-state index in [0.717, 1.165) is 17.3 Å². The summed E-state index contributed by atoms with van der Waals surface area (Å²) in [5.41, 5.74) is 1.31. The van der Waals surface area contributed by atoms with Crippen LogP contribution in [0.3, 0.4) is 0 Å². The van der Waals surface area contributed by atoms with Crippen LogP contribution in [0.4, 0.5) is 0 Å². The molecule has 2 rings (SSSR count). The molecule has 0 saturated heterocycles. The molecular weight excluding hydrogens is 188 g/mol. The van der Waals surface area contributed by atoms with Crippen LogP contribution in [0.25, 0.3) is 11.0 Å². The fourth-order valence-electron chi connectivity index (χ4n) is 1.32. The lowest BCUT2D eigenvalue weighted by Gasteiger charge is -1.98. The summed E-state index contributed by atoms with van der Waals surface area (Å²) >= 11 is 5.75. The number of aryl methyl sites for hydroxylation is 1. The highest BCUT2D eigenvalue weighted by atomic mass is 35.5. The largest absolute Gasteiger partial charge is 0.336 e. The quantitative estimate of drug-likeness (QED) is 0.514. The molecule has 0 aliphatic heterocycles. The summed E-state index contributed by atoms with van der Waals surface area (Å²) in [7, 11) is 1.86. The summed E-state index contributed by atoms with van der Waals surface area (Å²) in [5, 5.41) is 1.18. The van der Waals surface area contributed by atoms with Crippen LogP contribution in [-0.4, -0.2) is 15.8 Å². The number of hydrogen-bond donors (Lipinski definition) is 0. The number of pyridine rings is 1. The lowest BCUT2D eigenvalue weighted by atomic mass is 10.2. The van der Waals surface area contributed by atoms with Crippen molar-refractivity contribution in [2.24, 2.45) is 7.05 Å². The topological polar surface area (TPSA) is 34.9 Å². The molecule has 0 aliphatic carbocycles. The Labute approximate surface area is 79.9 Å². The number of aldehydes is 1. The summed E-state index contributed by atoms with van der Waals surface area (Å²) in [6.45, 7) is 0. The van der Waals surface area contributed by atoms with Crippen molar-refractivity contribution in [3.8, 4) is 0 Å². The first-order chi connectivity index (χ1) is 6.22. The molecule has 0 aromatic carbocycles. The van der Waals surface area contributed by atoms with E-state index in [2.05, 4.69) is 4.98 Å². The number of nitrogens with zero attached hydrogens (tertiary/aromatic N) is 2. The lowest BCUT2D eigenvalue weighted by molar-refractivity contribution is 0.112. The van der Waals surface area contributed by atoms with E-state index in [1.165, 1.54) is 0 Å². The van der Waals surface area contributed by atoms with Crippen LogP contribution in [0.15, 0.2) is 18.3 Å². The van der Waals surface area contributed by atoms with E-state index in [9.17, 15) is 4.79 Å². The third-order valence-electron chi connectivity index (χ3n) is 1.97. The monoisotopic (exact) mass is 194 g/mol. The maximum atomic E-state index is 10.7.